The largest absolute Gasteiger partial charge is 0.460 e. The number of furan rings is 2. The van der Waals surface area contributed by atoms with Gasteiger partial charge in [0.15, 0.2) is 0 Å². The quantitative estimate of drug-likeness (QED) is 0.165. The summed E-state index contributed by atoms with van der Waals surface area (Å²) in [4.78, 5) is 0. The number of rotatable bonds is 7. The summed E-state index contributed by atoms with van der Waals surface area (Å²) >= 11 is 1.82. The molecule has 3 unspecified atom stereocenters. The van der Waals surface area contributed by atoms with Crippen molar-refractivity contribution in [2.45, 2.75) is 24.5 Å². The van der Waals surface area contributed by atoms with Gasteiger partial charge in [0, 0.05) is 53.4 Å². The monoisotopic (exact) mass is 678 g/mol. The molecule has 3 heterocycles. The summed E-state index contributed by atoms with van der Waals surface area (Å²) in [5.41, 5.74) is 15.2. The number of nitrogens with one attached hydrogen (secondary N) is 1. The molecule has 10 rings (SSSR count). The van der Waals surface area contributed by atoms with Crippen LogP contribution < -0.4 is 11.1 Å². The Morgan fingerprint density at radius 1 is 0.667 bits per heavy atom. The van der Waals surface area contributed by atoms with Gasteiger partial charge in [-0.2, -0.15) is 0 Å². The lowest BCUT2D eigenvalue weighted by molar-refractivity contribution is 0.509. The first kappa shape index (κ1) is 30.1. The highest BCUT2D eigenvalue weighted by Gasteiger charge is 2.28. The van der Waals surface area contributed by atoms with Crippen molar-refractivity contribution in [1.29, 1.82) is 0 Å². The molecule has 1 aliphatic carbocycles. The lowest BCUT2D eigenvalue weighted by Crippen LogP contribution is -2.31. The standard InChI is InChI=1S/C46H34N2O2S/c47-46(30-22-25-43-38(26-30)33-13-5-7-19-42(33)51-43)48-39(24-20-28-10-2-1-3-11-28)29-21-23-32-35-15-9-17-37(45(35)50-41(32)27-29)36-16-8-14-34-31-12-4-6-18-40(31)49-44(34)36/h1-15,17-27,36,39,46,48H,16,47H2/b24-20+. The van der Waals surface area contributed by atoms with Crippen LogP contribution in [0.5, 0.6) is 0 Å². The van der Waals surface area contributed by atoms with Gasteiger partial charge in [0.05, 0.1) is 12.2 Å². The van der Waals surface area contributed by atoms with Gasteiger partial charge in [-0.1, -0.05) is 127 Å². The highest BCUT2D eigenvalue weighted by atomic mass is 32.1. The van der Waals surface area contributed by atoms with E-state index in [1.807, 2.05) is 29.5 Å². The first-order chi connectivity index (χ1) is 25.2. The molecule has 3 aromatic heterocycles. The zero-order valence-electron chi connectivity index (χ0n) is 27.8. The van der Waals surface area contributed by atoms with E-state index in [0.29, 0.717) is 0 Å². The minimum absolute atomic E-state index is 0.0695. The Kier molecular flexibility index (Phi) is 7.24. The molecule has 9 aromatic rings. The van der Waals surface area contributed by atoms with Crippen LogP contribution >= 0.6 is 11.3 Å². The van der Waals surface area contributed by atoms with Crippen molar-refractivity contribution in [3.8, 4) is 0 Å². The molecule has 3 N–H and O–H groups in total. The van der Waals surface area contributed by atoms with Crippen molar-refractivity contribution < 1.29 is 8.83 Å². The van der Waals surface area contributed by atoms with Crippen LogP contribution in [0, 0.1) is 0 Å². The van der Waals surface area contributed by atoms with Crippen LogP contribution in [0.15, 0.2) is 154 Å². The normalized spacial score (nSPS) is 15.8. The second kappa shape index (κ2) is 12.3. The zero-order valence-corrected chi connectivity index (χ0v) is 28.6. The van der Waals surface area contributed by atoms with E-state index in [2.05, 4.69) is 145 Å². The van der Waals surface area contributed by atoms with Crippen molar-refractivity contribution in [3.63, 3.8) is 0 Å². The van der Waals surface area contributed by atoms with E-state index in [4.69, 9.17) is 14.6 Å². The van der Waals surface area contributed by atoms with E-state index in [-0.39, 0.29) is 12.0 Å². The summed E-state index contributed by atoms with van der Waals surface area (Å²) in [5, 5.41) is 9.60. The van der Waals surface area contributed by atoms with Gasteiger partial charge in [0.25, 0.3) is 0 Å². The third kappa shape index (κ3) is 5.21. The molecule has 246 valence electrons. The Morgan fingerprint density at radius 3 is 2.37 bits per heavy atom. The zero-order chi connectivity index (χ0) is 33.9. The molecular formula is C46H34N2O2S. The van der Waals surface area contributed by atoms with E-state index < -0.39 is 6.17 Å². The summed E-state index contributed by atoms with van der Waals surface area (Å²) in [5.74, 6) is 1.07. The summed E-state index contributed by atoms with van der Waals surface area (Å²) in [7, 11) is 0. The van der Waals surface area contributed by atoms with Gasteiger partial charge in [0.2, 0.25) is 0 Å². The van der Waals surface area contributed by atoms with Crippen LogP contribution in [-0.4, -0.2) is 0 Å². The molecule has 3 atom stereocenters. The van der Waals surface area contributed by atoms with Gasteiger partial charge in [-0.15, -0.1) is 11.3 Å². The third-order valence-electron chi connectivity index (χ3n) is 10.3. The van der Waals surface area contributed by atoms with Crippen LogP contribution in [0.3, 0.4) is 0 Å². The van der Waals surface area contributed by atoms with Crippen LogP contribution in [0.25, 0.3) is 65.2 Å². The molecular weight excluding hydrogens is 645 g/mol. The molecule has 4 nitrogen and oxygen atoms in total. The number of nitrogens with two attached hydrogens (primary N) is 1. The molecule has 0 bridgehead atoms. The molecule has 0 fully saturated rings. The number of para-hydroxylation sites is 2. The number of benzene rings is 6. The van der Waals surface area contributed by atoms with Crippen LogP contribution in [0.2, 0.25) is 0 Å². The van der Waals surface area contributed by atoms with E-state index in [1.54, 1.807) is 0 Å². The van der Waals surface area contributed by atoms with Gasteiger partial charge in [-0.3, -0.25) is 5.32 Å². The summed E-state index contributed by atoms with van der Waals surface area (Å²) in [6.07, 6.45) is 9.27. The molecule has 0 radical (unpaired) electrons. The predicted molar refractivity (Wildman–Crippen MR) is 213 cm³/mol. The molecule has 0 spiro atoms. The van der Waals surface area contributed by atoms with Crippen molar-refractivity contribution >= 4 is 76.6 Å². The van der Waals surface area contributed by atoms with Crippen LogP contribution in [0.1, 0.15) is 58.1 Å². The van der Waals surface area contributed by atoms with E-state index in [1.165, 1.54) is 25.7 Å². The molecule has 0 saturated heterocycles. The molecule has 1 aliphatic rings. The van der Waals surface area contributed by atoms with Crippen molar-refractivity contribution in [2.24, 2.45) is 5.73 Å². The summed E-state index contributed by atoms with van der Waals surface area (Å²) < 4.78 is 15.8. The average molecular weight is 679 g/mol. The van der Waals surface area contributed by atoms with Crippen molar-refractivity contribution in [1.82, 2.24) is 5.32 Å². The number of thiophene rings is 1. The Labute approximate surface area is 299 Å². The smallest absolute Gasteiger partial charge is 0.139 e. The highest BCUT2D eigenvalue weighted by Crippen LogP contribution is 2.44. The fraction of sp³-hybridized carbons (Fsp3) is 0.0870. The topological polar surface area (TPSA) is 64.3 Å². The molecule has 51 heavy (non-hydrogen) atoms. The molecule has 5 heteroatoms. The van der Waals surface area contributed by atoms with E-state index in [0.717, 1.165) is 67.3 Å². The van der Waals surface area contributed by atoms with Gasteiger partial charge in [-0.25, -0.2) is 0 Å². The van der Waals surface area contributed by atoms with E-state index in [9.17, 15) is 0 Å². The Morgan fingerprint density at radius 2 is 1.45 bits per heavy atom. The fourth-order valence-electron chi connectivity index (χ4n) is 7.78. The van der Waals surface area contributed by atoms with Gasteiger partial charge in [-0.05, 0) is 53.4 Å². The first-order valence-electron chi connectivity index (χ1n) is 17.5. The fourth-order valence-corrected chi connectivity index (χ4v) is 8.86. The predicted octanol–water partition coefficient (Wildman–Crippen LogP) is 12.3. The van der Waals surface area contributed by atoms with Crippen LogP contribution in [-0.2, 0) is 0 Å². The maximum absolute atomic E-state index is 6.97. The van der Waals surface area contributed by atoms with Gasteiger partial charge in [0.1, 0.15) is 22.5 Å². The molecule has 0 aliphatic heterocycles. The summed E-state index contributed by atoms with van der Waals surface area (Å²) in [6, 6.07) is 46.7. The molecule has 6 aromatic carbocycles. The number of fused-ring (bicyclic) bond motifs is 9. The van der Waals surface area contributed by atoms with Gasteiger partial charge >= 0.3 is 0 Å². The number of hydrogen-bond donors (Lipinski definition) is 2. The number of hydrogen-bond acceptors (Lipinski definition) is 5. The molecule has 0 saturated carbocycles. The van der Waals surface area contributed by atoms with Gasteiger partial charge < -0.3 is 14.6 Å². The van der Waals surface area contributed by atoms with Crippen LogP contribution in [0.4, 0.5) is 0 Å². The minimum Gasteiger partial charge on any atom is -0.460 e. The average Bonchev–Trinajstić information content (AvgIpc) is 3.87. The van der Waals surface area contributed by atoms with Crippen molar-refractivity contribution in [3.05, 3.63) is 179 Å². The Balaban J connectivity index is 1.04. The van der Waals surface area contributed by atoms with E-state index >= 15 is 0 Å². The maximum atomic E-state index is 6.97. The summed E-state index contributed by atoms with van der Waals surface area (Å²) in [6.45, 7) is 0. The lowest BCUT2D eigenvalue weighted by atomic mass is 9.86. The van der Waals surface area contributed by atoms with Crippen molar-refractivity contribution in [2.75, 3.05) is 0 Å². The second-order valence-electron chi connectivity index (χ2n) is 13.4. The third-order valence-corrected chi connectivity index (χ3v) is 11.5. The molecule has 0 amide bonds. The Bertz CT molecular complexity index is 2800. The minimum atomic E-state index is -0.395. The first-order valence-corrected chi connectivity index (χ1v) is 18.3. The second-order valence-corrected chi connectivity index (χ2v) is 14.5. The maximum Gasteiger partial charge on any atom is 0.139 e. The lowest BCUT2D eigenvalue weighted by Gasteiger charge is -2.22. The number of allylic oxidation sites excluding steroid dienone is 1. The SMILES string of the molecule is NC(NC(/C=C/c1ccccc1)c1ccc2c(c1)oc1c(C3CC=Cc4c3oc3ccccc43)cccc12)c1ccc2sc3ccccc3c2c1. The Hall–Kier alpha value is -5.72. The highest BCUT2D eigenvalue weighted by molar-refractivity contribution is 7.25.